The Morgan fingerprint density at radius 1 is 1.19 bits per heavy atom. The van der Waals surface area contributed by atoms with E-state index in [0.717, 1.165) is 5.56 Å². The number of amidine groups is 1. The summed E-state index contributed by atoms with van der Waals surface area (Å²) in [5.74, 6) is -0.00795. The van der Waals surface area contributed by atoms with Crippen LogP contribution in [0.5, 0.6) is 0 Å². The molecule has 136 valence electrons. The summed E-state index contributed by atoms with van der Waals surface area (Å²) in [7, 11) is 0. The van der Waals surface area contributed by atoms with E-state index in [1.807, 2.05) is 42.5 Å². The third kappa shape index (κ3) is 3.38. The first-order valence-electron chi connectivity index (χ1n) is 8.41. The van der Waals surface area contributed by atoms with E-state index >= 15 is 0 Å². The van der Waals surface area contributed by atoms with Gasteiger partial charge in [-0.3, -0.25) is 14.5 Å². The smallest absolute Gasteiger partial charge is 0.255 e. The van der Waals surface area contributed by atoms with Gasteiger partial charge in [-0.15, -0.1) is 0 Å². The minimum Gasteiger partial charge on any atom is -0.322 e. The first-order chi connectivity index (χ1) is 13.0. The summed E-state index contributed by atoms with van der Waals surface area (Å²) in [4.78, 5) is 31.8. The van der Waals surface area contributed by atoms with E-state index in [0.29, 0.717) is 32.9 Å². The number of hydrogen-bond acceptors (Lipinski definition) is 4. The molecular formula is C20H16ClN3O2S. The molecule has 2 amide bonds. The summed E-state index contributed by atoms with van der Waals surface area (Å²) >= 11 is 7.42. The predicted octanol–water partition coefficient (Wildman–Crippen LogP) is 4.24. The maximum atomic E-state index is 13.1. The van der Waals surface area contributed by atoms with Gasteiger partial charge in [0.2, 0.25) is 5.91 Å². The standard InChI is InChI=1S/C20H16ClN3O2S/c1-12-17(19(26)23-15-5-3-2-4-6-15)18(13-7-9-14(21)10-8-13)24-16(25)11-27-20(24)22-12/h2-10,18H,11H2,1H3,(H,23,26). The van der Waals surface area contributed by atoms with Crippen LogP contribution in [0.3, 0.4) is 0 Å². The number of carbonyl (C=O) groups excluding carboxylic acids is 2. The molecule has 2 aromatic carbocycles. The van der Waals surface area contributed by atoms with Crippen molar-refractivity contribution in [3.63, 3.8) is 0 Å². The highest BCUT2D eigenvalue weighted by Crippen LogP contribution is 2.41. The normalized spacial score (nSPS) is 19.0. The van der Waals surface area contributed by atoms with Crippen LogP contribution >= 0.6 is 23.4 Å². The molecule has 0 spiro atoms. The zero-order valence-electron chi connectivity index (χ0n) is 14.5. The van der Waals surface area contributed by atoms with Gasteiger partial charge in [-0.2, -0.15) is 0 Å². The fraction of sp³-hybridized carbons (Fsp3) is 0.150. The van der Waals surface area contributed by atoms with Crippen molar-refractivity contribution >= 4 is 46.0 Å². The molecule has 2 aliphatic heterocycles. The van der Waals surface area contributed by atoms with E-state index in [1.165, 1.54) is 11.8 Å². The van der Waals surface area contributed by atoms with E-state index in [-0.39, 0.29) is 11.8 Å². The van der Waals surface area contributed by atoms with Gasteiger partial charge in [-0.25, -0.2) is 4.99 Å². The Hall–Kier alpha value is -2.57. The summed E-state index contributed by atoms with van der Waals surface area (Å²) < 4.78 is 0. The average Bonchev–Trinajstić information content (AvgIpc) is 3.02. The number of amides is 2. The van der Waals surface area contributed by atoms with Crippen LogP contribution in [-0.4, -0.2) is 27.6 Å². The zero-order chi connectivity index (χ0) is 19.0. The van der Waals surface area contributed by atoms with Crippen molar-refractivity contribution in [2.24, 2.45) is 4.99 Å². The quantitative estimate of drug-likeness (QED) is 0.842. The maximum Gasteiger partial charge on any atom is 0.255 e. The van der Waals surface area contributed by atoms with Crippen LogP contribution in [0.4, 0.5) is 5.69 Å². The van der Waals surface area contributed by atoms with Crippen LogP contribution < -0.4 is 5.32 Å². The van der Waals surface area contributed by atoms with Gasteiger partial charge in [0.25, 0.3) is 5.91 Å². The van der Waals surface area contributed by atoms with Gasteiger partial charge in [0.05, 0.1) is 23.1 Å². The Balaban J connectivity index is 1.78. The number of fused-ring (bicyclic) bond motifs is 1. The van der Waals surface area contributed by atoms with Crippen molar-refractivity contribution < 1.29 is 9.59 Å². The van der Waals surface area contributed by atoms with Crippen molar-refractivity contribution in [3.8, 4) is 0 Å². The fourth-order valence-electron chi connectivity index (χ4n) is 3.21. The Labute approximate surface area is 166 Å². The number of allylic oxidation sites excluding steroid dienone is 1. The monoisotopic (exact) mass is 397 g/mol. The third-order valence-corrected chi connectivity index (χ3v) is 5.64. The lowest BCUT2D eigenvalue weighted by Crippen LogP contribution is -2.40. The van der Waals surface area contributed by atoms with E-state index in [4.69, 9.17) is 11.6 Å². The van der Waals surface area contributed by atoms with E-state index < -0.39 is 6.04 Å². The SMILES string of the molecule is CC1=C(C(=O)Nc2ccccc2)C(c2ccc(Cl)cc2)N2C(=O)CSC2=N1. The topological polar surface area (TPSA) is 61.8 Å². The van der Waals surface area contributed by atoms with Crippen molar-refractivity contribution in [3.05, 3.63) is 76.5 Å². The highest BCUT2D eigenvalue weighted by Gasteiger charge is 2.42. The van der Waals surface area contributed by atoms with E-state index in [2.05, 4.69) is 10.3 Å². The predicted molar refractivity (Wildman–Crippen MR) is 109 cm³/mol. The molecule has 0 bridgehead atoms. The van der Waals surface area contributed by atoms with Crippen molar-refractivity contribution in [2.75, 3.05) is 11.1 Å². The Bertz CT molecular complexity index is 970. The summed E-state index contributed by atoms with van der Waals surface area (Å²) in [5, 5.41) is 4.14. The van der Waals surface area contributed by atoms with Gasteiger partial charge < -0.3 is 5.32 Å². The van der Waals surface area contributed by atoms with Crippen LogP contribution in [0.15, 0.2) is 70.9 Å². The summed E-state index contributed by atoms with van der Waals surface area (Å²) in [6, 6.07) is 15.9. The average molecular weight is 398 g/mol. The van der Waals surface area contributed by atoms with Gasteiger partial charge >= 0.3 is 0 Å². The minimum absolute atomic E-state index is 0.0591. The highest BCUT2D eigenvalue weighted by atomic mass is 35.5. The fourth-order valence-corrected chi connectivity index (χ4v) is 4.28. The molecule has 0 aliphatic carbocycles. The number of carbonyl (C=O) groups is 2. The molecule has 0 aromatic heterocycles. The largest absolute Gasteiger partial charge is 0.322 e. The molecule has 7 heteroatoms. The first-order valence-corrected chi connectivity index (χ1v) is 9.77. The maximum absolute atomic E-state index is 13.1. The van der Waals surface area contributed by atoms with Crippen LogP contribution in [0, 0.1) is 0 Å². The van der Waals surface area contributed by atoms with Crippen LogP contribution in [0.25, 0.3) is 0 Å². The molecule has 1 saturated heterocycles. The van der Waals surface area contributed by atoms with Crippen molar-refractivity contribution in [1.29, 1.82) is 0 Å². The minimum atomic E-state index is -0.527. The highest BCUT2D eigenvalue weighted by molar-refractivity contribution is 8.15. The van der Waals surface area contributed by atoms with E-state index in [9.17, 15) is 9.59 Å². The molecule has 1 fully saturated rings. The lowest BCUT2D eigenvalue weighted by molar-refractivity contribution is -0.125. The van der Waals surface area contributed by atoms with Gasteiger partial charge in [-0.05, 0) is 36.8 Å². The van der Waals surface area contributed by atoms with Crippen LogP contribution in [-0.2, 0) is 9.59 Å². The molecule has 27 heavy (non-hydrogen) atoms. The number of aliphatic imine (C=N–C) groups is 1. The molecule has 1 unspecified atom stereocenters. The molecule has 1 atom stereocenters. The van der Waals surface area contributed by atoms with E-state index in [1.54, 1.807) is 24.0 Å². The number of rotatable bonds is 3. The second-order valence-corrected chi connectivity index (χ2v) is 7.60. The zero-order valence-corrected chi connectivity index (χ0v) is 16.1. The third-order valence-electron chi connectivity index (χ3n) is 4.45. The second-order valence-electron chi connectivity index (χ2n) is 6.22. The number of thioether (sulfide) groups is 1. The Morgan fingerprint density at radius 2 is 1.89 bits per heavy atom. The number of nitrogens with zero attached hydrogens (tertiary/aromatic N) is 2. The second kappa shape index (κ2) is 7.21. The Kier molecular flexibility index (Phi) is 4.76. The first kappa shape index (κ1) is 17.8. The summed E-state index contributed by atoms with van der Waals surface area (Å²) in [6.07, 6.45) is 0. The van der Waals surface area contributed by atoms with Gasteiger partial charge in [0.15, 0.2) is 5.17 Å². The number of benzene rings is 2. The molecule has 0 radical (unpaired) electrons. The molecule has 5 nitrogen and oxygen atoms in total. The molecule has 4 rings (SSSR count). The molecule has 2 aromatic rings. The lowest BCUT2D eigenvalue weighted by Gasteiger charge is -2.33. The molecule has 1 N–H and O–H groups in total. The molecular weight excluding hydrogens is 382 g/mol. The van der Waals surface area contributed by atoms with Crippen molar-refractivity contribution in [2.45, 2.75) is 13.0 Å². The molecule has 2 heterocycles. The number of hydrogen-bond donors (Lipinski definition) is 1. The van der Waals surface area contributed by atoms with Gasteiger partial charge in [0, 0.05) is 10.7 Å². The van der Waals surface area contributed by atoms with Crippen LogP contribution in [0.1, 0.15) is 18.5 Å². The van der Waals surface area contributed by atoms with Crippen molar-refractivity contribution in [1.82, 2.24) is 4.90 Å². The van der Waals surface area contributed by atoms with Gasteiger partial charge in [0.1, 0.15) is 0 Å². The number of halogens is 1. The summed E-state index contributed by atoms with van der Waals surface area (Å²) in [5.41, 5.74) is 2.58. The number of anilines is 1. The van der Waals surface area contributed by atoms with Gasteiger partial charge in [-0.1, -0.05) is 53.7 Å². The molecule has 0 saturated carbocycles. The Morgan fingerprint density at radius 3 is 2.59 bits per heavy atom. The number of nitrogens with one attached hydrogen (secondary N) is 1. The van der Waals surface area contributed by atoms with Crippen LogP contribution in [0.2, 0.25) is 5.02 Å². The molecule has 2 aliphatic rings. The summed E-state index contributed by atoms with van der Waals surface area (Å²) in [6.45, 7) is 1.80. The number of para-hydroxylation sites is 1. The lowest BCUT2D eigenvalue weighted by atomic mass is 9.94.